The van der Waals surface area contributed by atoms with Crippen molar-refractivity contribution < 1.29 is 13.3 Å². The third kappa shape index (κ3) is 6.54. The van der Waals surface area contributed by atoms with E-state index < -0.39 is 8.80 Å². The second-order valence-corrected chi connectivity index (χ2v) is 6.35. The van der Waals surface area contributed by atoms with E-state index in [0.29, 0.717) is 19.1 Å². The summed E-state index contributed by atoms with van der Waals surface area (Å²) < 4.78 is 16.8. The highest BCUT2D eigenvalue weighted by Gasteiger charge is 2.33. The lowest BCUT2D eigenvalue weighted by molar-refractivity contribution is 0.0704. The standard InChI is InChI=1S/C10H24O3Si/c1-6-11-14(5,12-7-2)13-9-8-10(3)4/h10H,6-9H2,1-5H3. The molecule has 0 heterocycles. The van der Waals surface area contributed by atoms with Gasteiger partial charge in [-0.3, -0.25) is 0 Å². The lowest BCUT2D eigenvalue weighted by Gasteiger charge is -2.25. The summed E-state index contributed by atoms with van der Waals surface area (Å²) >= 11 is 0. The summed E-state index contributed by atoms with van der Waals surface area (Å²) in [7, 11) is -2.32. The third-order valence-electron chi connectivity index (χ3n) is 1.87. The first-order valence-electron chi connectivity index (χ1n) is 5.46. The van der Waals surface area contributed by atoms with Crippen LogP contribution in [0.5, 0.6) is 0 Å². The maximum atomic E-state index is 5.72. The van der Waals surface area contributed by atoms with E-state index in [1.165, 1.54) is 0 Å². The summed E-state index contributed by atoms with van der Waals surface area (Å²) in [4.78, 5) is 0. The molecule has 0 aliphatic rings. The predicted molar refractivity (Wildman–Crippen MR) is 60.3 cm³/mol. The quantitative estimate of drug-likeness (QED) is 0.589. The van der Waals surface area contributed by atoms with Gasteiger partial charge < -0.3 is 13.3 Å². The summed E-state index contributed by atoms with van der Waals surface area (Å²) in [5.74, 6) is 0.663. The molecule has 14 heavy (non-hydrogen) atoms. The minimum absolute atomic E-state index is 0.657. The zero-order valence-corrected chi connectivity index (χ0v) is 11.1. The summed E-state index contributed by atoms with van der Waals surface area (Å²) in [6.45, 7) is 12.3. The molecule has 0 N–H and O–H groups in total. The van der Waals surface area contributed by atoms with Crippen LogP contribution < -0.4 is 0 Å². The third-order valence-corrected chi connectivity index (χ3v) is 4.23. The lowest BCUT2D eigenvalue weighted by atomic mass is 10.2. The van der Waals surface area contributed by atoms with Crippen LogP contribution in [0, 0.1) is 5.92 Å². The van der Waals surface area contributed by atoms with Crippen LogP contribution >= 0.6 is 0 Å². The van der Waals surface area contributed by atoms with E-state index in [4.69, 9.17) is 13.3 Å². The van der Waals surface area contributed by atoms with Gasteiger partial charge >= 0.3 is 8.80 Å². The molecule has 0 amide bonds. The number of hydrogen-bond acceptors (Lipinski definition) is 3. The summed E-state index contributed by atoms with van der Waals surface area (Å²) in [6.07, 6.45) is 1.06. The first kappa shape index (κ1) is 14.1. The number of hydrogen-bond donors (Lipinski definition) is 0. The first-order valence-corrected chi connectivity index (χ1v) is 7.68. The van der Waals surface area contributed by atoms with Crippen molar-refractivity contribution in [3.05, 3.63) is 0 Å². The highest BCUT2D eigenvalue weighted by Crippen LogP contribution is 2.11. The Hall–Kier alpha value is 0.0969. The fraction of sp³-hybridized carbons (Fsp3) is 1.00. The molecule has 4 heteroatoms. The summed E-state index contributed by atoms with van der Waals surface area (Å²) in [6, 6.07) is 0. The van der Waals surface area contributed by atoms with Crippen LogP contribution in [0.2, 0.25) is 6.55 Å². The molecule has 3 nitrogen and oxygen atoms in total. The molecule has 0 radical (unpaired) electrons. The maximum absolute atomic E-state index is 5.72. The predicted octanol–water partition coefficient (Wildman–Crippen LogP) is 2.69. The van der Waals surface area contributed by atoms with Crippen LogP contribution in [0.4, 0.5) is 0 Å². The fourth-order valence-corrected chi connectivity index (χ4v) is 2.92. The minimum Gasteiger partial charge on any atom is -0.374 e. The molecule has 0 fully saturated rings. The van der Waals surface area contributed by atoms with Crippen LogP contribution in [0.15, 0.2) is 0 Å². The average Bonchev–Trinajstić information content (AvgIpc) is 2.03. The van der Waals surface area contributed by atoms with Gasteiger partial charge in [0.1, 0.15) is 0 Å². The zero-order chi connectivity index (χ0) is 11.0. The first-order chi connectivity index (χ1) is 6.54. The molecular formula is C10H24O3Si. The summed E-state index contributed by atoms with van der Waals surface area (Å²) in [5, 5.41) is 0. The molecule has 0 spiro atoms. The van der Waals surface area contributed by atoms with E-state index >= 15 is 0 Å². The van der Waals surface area contributed by atoms with Gasteiger partial charge in [0.05, 0.1) is 0 Å². The van der Waals surface area contributed by atoms with E-state index in [1.54, 1.807) is 0 Å². The van der Waals surface area contributed by atoms with E-state index in [0.717, 1.165) is 13.0 Å². The molecule has 0 atom stereocenters. The largest absolute Gasteiger partial charge is 0.497 e. The smallest absolute Gasteiger partial charge is 0.374 e. The Kier molecular flexibility index (Phi) is 7.45. The molecule has 0 rings (SSSR count). The lowest BCUT2D eigenvalue weighted by Crippen LogP contribution is -2.43. The fourth-order valence-electron chi connectivity index (χ4n) is 1.13. The van der Waals surface area contributed by atoms with Crippen LogP contribution in [0.25, 0.3) is 0 Å². The Balaban J connectivity index is 3.83. The highest BCUT2D eigenvalue weighted by atomic mass is 28.4. The average molecular weight is 220 g/mol. The molecule has 0 aromatic rings. The minimum atomic E-state index is -2.32. The second-order valence-electron chi connectivity index (χ2n) is 3.76. The van der Waals surface area contributed by atoms with Crippen molar-refractivity contribution in [3.8, 4) is 0 Å². The molecule has 0 aromatic heterocycles. The molecule has 0 saturated carbocycles. The SMILES string of the molecule is CCO[Si](C)(OCC)OCCC(C)C. The molecule has 0 saturated heterocycles. The van der Waals surface area contributed by atoms with E-state index in [2.05, 4.69) is 13.8 Å². The van der Waals surface area contributed by atoms with Gasteiger partial charge in [-0.2, -0.15) is 0 Å². The van der Waals surface area contributed by atoms with Crippen molar-refractivity contribution in [2.75, 3.05) is 19.8 Å². The molecule has 0 aliphatic heterocycles. The van der Waals surface area contributed by atoms with E-state index in [-0.39, 0.29) is 0 Å². The molecular weight excluding hydrogens is 196 g/mol. The van der Waals surface area contributed by atoms with Crippen LogP contribution in [0.3, 0.4) is 0 Å². The van der Waals surface area contributed by atoms with Gasteiger partial charge in [-0.1, -0.05) is 13.8 Å². The van der Waals surface area contributed by atoms with Crippen LogP contribution in [-0.2, 0) is 13.3 Å². The zero-order valence-electron chi connectivity index (χ0n) is 10.1. The van der Waals surface area contributed by atoms with Gasteiger partial charge in [-0.05, 0) is 26.2 Å². The van der Waals surface area contributed by atoms with E-state index in [1.807, 2.05) is 20.4 Å². The monoisotopic (exact) mass is 220 g/mol. The second kappa shape index (κ2) is 7.40. The normalized spacial score (nSPS) is 12.4. The Morgan fingerprint density at radius 1 is 1.00 bits per heavy atom. The highest BCUT2D eigenvalue weighted by molar-refractivity contribution is 6.59. The van der Waals surface area contributed by atoms with Crippen molar-refractivity contribution in [1.29, 1.82) is 0 Å². The van der Waals surface area contributed by atoms with Crippen molar-refractivity contribution in [2.24, 2.45) is 5.92 Å². The van der Waals surface area contributed by atoms with Crippen molar-refractivity contribution >= 4 is 8.80 Å². The molecule has 0 bridgehead atoms. The van der Waals surface area contributed by atoms with Gasteiger partial charge in [0.25, 0.3) is 0 Å². The Morgan fingerprint density at radius 2 is 1.50 bits per heavy atom. The van der Waals surface area contributed by atoms with Crippen LogP contribution in [0.1, 0.15) is 34.1 Å². The maximum Gasteiger partial charge on any atom is 0.497 e. The van der Waals surface area contributed by atoms with Gasteiger partial charge in [0, 0.05) is 26.4 Å². The molecule has 86 valence electrons. The van der Waals surface area contributed by atoms with Gasteiger partial charge in [0.2, 0.25) is 0 Å². The van der Waals surface area contributed by atoms with Crippen molar-refractivity contribution in [1.82, 2.24) is 0 Å². The Bertz CT molecular complexity index is 133. The Labute approximate surface area is 89.1 Å². The van der Waals surface area contributed by atoms with Gasteiger partial charge in [0.15, 0.2) is 0 Å². The molecule has 0 aliphatic carbocycles. The van der Waals surface area contributed by atoms with Crippen LogP contribution in [-0.4, -0.2) is 28.6 Å². The van der Waals surface area contributed by atoms with Gasteiger partial charge in [-0.25, -0.2) is 0 Å². The Morgan fingerprint density at radius 3 is 1.86 bits per heavy atom. The van der Waals surface area contributed by atoms with Crippen molar-refractivity contribution in [2.45, 2.75) is 40.7 Å². The molecule has 0 unspecified atom stereocenters. The van der Waals surface area contributed by atoms with Crippen molar-refractivity contribution in [3.63, 3.8) is 0 Å². The molecule has 0 aromatic carbocycles. The number of rotatable bonds is 8. The van der Waals surface area contributed by atoms with E-state index in [9.17, 15) is 0 Å². The topological polar surface area (TPSA) is 27.7 Å². The van der Waals surface area contributed by atoms with Gasteiger partial charge in [-0.15, -0.1) is 0 Å². The summed E-state index contributed by atoms with van der Waals surface area (Å²) in [5.41, 5.74) is 0.